The van der Waals surface area contributed by atoms with Crippen molar-refractivity contribution in [1.29, 1.82) is 0 Å². The molecule has 1 radical (unpaired) electrons. The minimum absolute atomic E-state index is 0.203. The van der Waals surface area contributed by atoms with Gasteiger partial charge in [-0.1, -0.05) is 51.1 Å². The molecule has 0 amide bonds. The van der Waals surface area contributed by atoms with Crippen molar-refractivity contribution in [3.63, 3.8) is 0 Å². The number of hydrogen-bond acceptors (Lipinski definition) is 1. The maximum absolute atomic E-state index is 4.22. The Balaban J connectivity index is 2.34. The molecule has 0 aliphatic carbocycles. The molecular weight excluding hydrogens is 194 g/mol. The first-order valence-electron chi connectivity index (χ1n) is 5.51. The van der Waals surface area contributed by atoms with Crippen LogP contribution in [0.15, 0.2) is 42.5 Å². The lowest BCUT2D eigenvalue weighted by Crippen LogP contribution is -2.10. The first kappa shape index (κ1) is 10.9. The van der Waals surface area contributed by atoms with E-state index in [4.69, 9.17) is 0 Å². The van der Waals surface area contributed by atoms with Crippen LogP contribution < -0.4 is 0 Å². The zero-order valence-corrected chi connectivity index (χ0v) is 9.99. The Bertz CT molecular complexity index is 449. The molecule has 0 aliphatic rings. The van der Waals surface area contributed by atoms with Crippen LogP contribution in [-0.4, -0.2) is 4.98 Å². The van der Waals surface area contributed by atoms with Crippen LogP contribution in [0.4, 0.5) is 0 Å². The maximum Gasteiger partial charge on any atom is 0.0893 e. The van der Waals surface area contributed by atoms with E-state index in [1.165, 1.54) is 5.56 Å². The molecule has 16 heavy (non-hydrogen) atoms. The molecule has 0 unspecified atom stereocenters. The Labute approximate surface area is 97.2 Å². The molecular formula is C15H16N. The molecule has 1 aromatic carbocycles. The molecule has 1 aromatic heterocycles. The van der Waals surface area contributed by atoms with Crippen molar-refractivity contribution in [2.24, 2.45) is 0 Å². The van der Waals surface area contributed by atoms with Crippen LogP contribution in [0.5, 0.6) is 0 Å². The normalized spacial score (nSPS) is 11.4. The first-order chi connectivity index (χ1) is 7.57. The Kier molecular flexibility index (Phi) is 2.78. The highest BCUT2D eigenvalue weighted by molar-refractivity contribution is 5.59. The third-order valence-corrected chi connectivity index (χ3v) is 2.66. The van der Waals surface area contributed by atoms with Gasteiger partial charge in [0, 0.05) is 5.56 Å². The maximum atomic E-state index is 4.22. The van der Waals surface area contributed by atoms with Gasteiger partial charge in [0.25, 0.3) is 0 Å². The third-order valence-electron chi connectivity index (χ3n) is 2.66. The van der Waals surface area contributed by atoms with Crippen LogP contribution in [0.3, 0.4) is 0 Å². The van der Waals surface area contributed by atoms with Crippen LogP contribution in [-0.2, 0) is 5.41 Å². The van der Waals surface area contributed by atoms with Gasteiger partial charge in [-0.25, -0.2) is 4.98 Å². The number of hydrogen-bond donors (Lipinski definition) is 0. The van der Waals surface area contributed by atoms with Crippen LogP contribution in [0.25, 0.3) is 11.3 Å². The Morgan fingerprint density at radius 2 is 1.69 bits per heavy atom. The predicted molar refractivity (Wildman–Crippen MR) is 67.2 cm³/mol. The van der Waals surface area contributed by atoms with Crippen LogP contribution in [0, 0.1) is 6.20 Å². The van der Waals surface area contributed by atoms with Crippen molar-refractivity contribution in [1.82, 2.24) is 4.98 Å². The first-order valence-corrected chi connectivity index (χ1v) is 5.51. The van der Waals surface area contributed by atoms with Gasteiger partial charge >= 0.3 is 0 Å². The third kappa shape index (κ3) is 2.30. The van der Waals surface area contributed by atoms with Gasteiger partial charge in [-0.15, -0.1) is 0 Å². The topological polar surface area (TPSA) is 12.9 Å². The molecule has 0 fully saturated rings. The lowest BCUT2D eigenvalue weighted by atomic mass is 9.86. The summed E-state index contributed by atoms with van der Waals surface area (Å²) in [7, 11) is 0. The summed E-state index contributed by atoms with van der Waals surface area (Å²) >= 11 is 0. The van der Waals surface area contributed by atoms with Crippen molar-refractivity contribution in [2.75, 3.05) is 0 Å². The SMILES string of the molecule is CC(C)(C)c1ccc(-c2ccc[c]n2)cc1. The van der Waals surface area contributed by atoms with Gasteiger partial charge in [0.05, 0.1) is 11.9 Å². The summed E-state index contributed by atoms with van der Waals surface area (Å²) in [4.78, 5) is 4.22. The molecule has 0 spiro atoms. The van der Waals surface area contributed by atoms with E-state index < -0.39 is 0 Å². The molecule has 1 heterocycles. The monoisotopic (exact) mass is 210 g/mol. The van der Waals surface area contributed by atoms with Gasteiger partial charge in [0.1, 0.15) is 0 Å². The van der Waals surface area contributed by atoms with Gasteiger partial charge in [0.2, 0.25) is 0 Å². The predicted octanol–water partition coefficient (Wildman–Crippen LogP) is 3.85. The van der Waals surface area contributed by atoms with E-state index in [0.29, 0.717) is 0 Å². The zero-order chi connectivity index (χ0) is 11.6. The summed E-state index contributed by atoms with van der Waals surface area (Å²) < 4.78 is 0. The number of pyridine rings is 1. The minimum atomic E-state index is 0.203. The molecule has 0 saturated carbocycles. The van der Waals surface area contributed by atoms with E-state index in [-0.39, 0.29) is 5.41 Å². The lowest BCUT2D eigenvalue weighted by Gasteiger charge is -2.19. The van der Waals surface area contributed by atoms with Crippen molar-refractivity contribution in [3.05, 3.63) is 54.2 Å². The van der Waals surface area contributed by atoms with Crippen molar-refractivity contribution < 1.29 is 0 Å². The number of aromatic nitrogens is 1. The van der Waals surface area contributed by atoms with E-state index in [9.17, 15) is 0 Å². The molecule has 1 nitrogen and oxygen atoms in total. The van der Waals surface area contributed by atoms with Crippen molar-refractivity contribution in [3.8, 4) is 11.3 Å². The fourth-order valence-electron chi connectivity index (χ4n) is 1.63. The zero-order valence-electron chi connectivity index (χ0n) is 9.99. The highest BCUT2D eigenvalue weighted by Crippen LogP contribution is 2.24. The number of benzene rings is 1. The van der Waals surface area contributed by atoms with E-state index in [1.54, 1.807) is 0 Å². The molecule has 0 aliphatic heterocycles. The van der Waals surface area contributed by atoms with Gasteiger partial charge < -0.3 is 0 Å². The average Bonchev–Trinajstić information content (AvgIpc) is 2.29. The van der Waals surface area contributed by atoms with Crippen molar-refractivity contribution in [2.45, 2.75) is 26.2 Å². The van der Waals surface area contributed by atoms with Crippen LogP contribution in [0.2, 0.25) is 0 Å². The molecule has 0 atom stereocenters. The van der Waals surface area contributed by atoms with Gasteiger partial charge in [-0.05, 0) is 23.1 Å². The summed E-state index contributed by atoms with van der Waals surface area (Å²) in [5, 5.41) is 0. The lowest BCUT2D eigenvalue weighted by molar-refractivity contribution is 0.590. The second-order valence-corrected chi connectivity index (χ2v) is 4.98. The molecule has 0 saturated heterocycles. The fraction of sp³-hybridized carbons (Fsp3) is 0.267. The molecule has 0 N–H and O–H groups in total. The summed E-state index contributed by atoms with van der Waals surface area (Å²) in [6, 6.07) is 14.4. The van der Waals surface area contributed by atoms with Gasteiger partial charge in [0.15, 0.2) is 0 Å². The average molecular weight is 210 g/mol. The highest BCUT2D eigenvalue weighted by atomic mass is 14.7. The molecule has 2 rings (SSSR count). The smallest absolute Gasteiger partial charge is 0.0893 e. The molecule has 2 aromatic rings. The van der Waals surface area contributed by atoms with Crippen LogP contribution >= 0.6 is 0 Å². The second-order valence-electron chi connectivity index (χ2n) is 4.98. The quantitative estimate of drug-likeness (QED) is 0.696. The minimum Gasteiger partial charge on any atom is -0.246 e. The van der Waals surface area contributed by atoms with Gasteiger partial charge in [-0.3, -0.25) is 0 Å². The molecule has 0 bridgehead atoms. The molecule has 1 heteroatoms. The number of nitrogens with zero attached hydrogens (tertiary/aromatic N) is 1. The Morgan fingerprint density at radius 3 is 2.19 bits per heavy atom. The van der Waals surface area contributed by atoms with E-state index >= 15 is 0 Å². The Hall–Kier alpha value is -1.63. The Morgan fingerprint density at radius 1 is 1.00 bits per heavy atom. The summed E-state index contributed by atoms with van der Waals surface area (Å²) in [6.45, 7) is 6.66. The summed E-state index contributed by atoms with van der Waals surface area (Å²) in [6.07, 6.45) is 2.85. The van der Waals surface area contributed by atoms with E-state index in [1.807, 2.05) is 18.2 Å². The van der Waals surface area contributed by atoms with Gasteiger partial charge in [-0.2, -0.15) is 0 Å². The second kappa shape index (κ2) is 4.09. The molecule has 81 valence electrons. The van der Waals surface area contributed by atoms with E-state index in [2.05, 4.69) is 56.2 Å². The van der Waals surface area contributed by atoms with E-state index in [0.717, 1.165) is 11.3 Å². The van der Waals surface area contributed by atoms with Crippen molar-refractivity contribution >= 4 is 0 Å². The fourth-order valence-corrected chi connectivity index (χ4v) is 1.63. The largest absolute Gasteiger partial charge is 0.246 e. The standard InChI is InChI=1S/C15H16N/c1-15(2,3)13-9-7-12(8-10-13)14-6-4-5-11-16-14/h4-10H,1-3H3. The highest BCUT2D eigenvalue weighted by Gasteiger charge is 2.12. The summed E-state index contributed by atoms with van der Waals surface area (Å²) in [5.74, 6) is 0. The number of rotatable bonds is 1. The summed E-state index contributed by atoms with van der Waals surface area (Å²) in [5.41, 5.74) is 3.67. The van der Waals surface area contributed by atoms with Crippen LogP contribution in [0.1, 0.15) is 26.3 Å².